The Kier molecular flexibility index (Phi) is 4.05. The van der Waals surface area contributed by atoms with E-state index in [4.69, 9.17) is 10.5 Å². The number of carbonyl (C=O) groups excluding carboxylic acids is 1. The molecule has 0 saturated carbocycles. The first-order valence-electron chi connectivity index (χ1n) is 7.08. The van der Waals surface area contributed by atoms with Crippen molar-refractivity contribution in [1.82, 2.24) is 19.5 Å². The molecule has 3 aromatic rings. The van der Waals surface area contributed by atoms with Gasteiger partial charge < -0.3 is 15.5 Å². The van der Waals surface area contributed by atoms with Crippen molar-refractivity contribution >= 4 is 22.8 Å². The number of nitrogens with one attached hydrogen (secondary N) is 1. The lowest BCUT2D eigenvalue weighted by molar-refractivity contribution is 0.0490. The minimum absolute atomic E-state index is 0.00300. The van der Waals surface area contributed by atoms with Crippen LogP contribution in [0.15, 0.2) is 41.5 Å². The minimum atomic E-state index is -0.623. The van der Waals surface area contributed by atoms with Gasteiger partial charge in [-0.3, -0.25) is 4.57 Å². The van der Waals surface area contributed by atoms with Gasteiger partial charge in [0.1, 0.15) is 0 Å². The van der Waals surface area contributed by atoms with Crippen molar-refractivity contribution in [3.63, 3.8) is 0 Å². The number of rotatable bonds is 5. The second kappa shape index (κ2) is 6.30. The van der Waals surface area contributed by atoms with E-state index in [1.165, 1.54) is 12.4 Å². The van der Waals surface area contributed by atoms with E-state index in [1.54, 1.807) is 4.57 Å². The lowest BCUT2D eigenvalue weighted by atomic mass is 10.3. The third-order valence-electron chi connectivity index (χ3n) is 3.36. The monoisotopic (exact) mass is 313 g/mol. The topological polar surface area (TPSA) is 116 Å². The number of imidazole rings is 1. The first-order valence-corrected chi connectivity index (χ1v) is 7.08. The number of aromatic amines is 1. The van der Waals surface area contributed by atoms with E-state index in [0.29, 0.717) is 13.0 Å². The number of aromatic nitrogens is 4. The van der Waals surface area contributed by atoms with Gasteiger partial charge in [-0.05, 0) is 18.6 Å². The minimum Gasteiger partial charge on any atom is -0.461 e. The van der Waals surface area contributed by atoms with Crippen LogP contribution >= 0.6 is 0 Å². The van der Waals surface area contributed by atoms with Crippen LogP contribution in [0.4, 0.5) is 5.82 Å². The number of aryl methyl sites for hydroxylation is 1. The van der Waals surface area contributed by atoms with Gasteiger partial charge in [-0.2, -0.15) is 0 Å². The molecule has 8 nitrogen and oxygen atoms in total. The van der Waals surface area contributed by atoms with E-state index < -0.39 is 5.97 Å². The molecule has 0 bridgehead atoms. The Balaban J connectivity index is 1.59. The van der Waals surface area contributed by atoms with Crippen LogP contribution < -0.4 is 11.4 Å². The van der Waals surface area contributed by atoms with E-state index >= 15 is 0 Å². The molecule has 0 aliphatic carbocycles. The molecule has 0 saturated heterocycles. The maximum atomic E-state index is 11.9. The fourth-order valence-electron chi connectivity index (χ4n) is 2.29. The summed E-state index contributed by atoms with van der Waals surface area (Å²) in [5, 5.41) is 0. The lowest BCUT2D eigenvalue weighted by Crippen LogP contribution is -2.18. The number of para-hydroxylation sites is 2. The van der Waals surface area contributed by atoms with Crippen molar-refractivity contribution in [3.8, 4) is 0 Å². The van der Waals surface area contributed by atoms with Crippen LogP contribution in [0, 0.1) is 0 Å². The molecule has 2 heterocycles. The number of H-pyrrole nitrogens is 1. The number of hydrogen-bond acceptors (Lipinski definition) is 6. The molecule has 0 spiro atoms. The molecule has 118 valence electrons. The Labute approximate surface area is 130 Å². The smallest absolute Gasteiger partial charge is 0.360 e. The number of nitrogens with two attached hydrogens (primary N) is 1. The highest BCUT2D eigenvalue weighted by Crippen LogP contribution is 2.10. The van der Waals surface area contributed by atoms with Gasteiger partial charge in [0.25, 0.3) is 0 Å². The van der Waals surface area contributed by atoms with Gasteiger partial charge in [0.15, 0.2) is 11.5 Å². The number of ether oxygens (including phenoxy) is 1. The second-order valence-electron chi connectivity index (χ2n) is 4.88. The Morgan fingerprint density at radius 3 is 2.87 bits per heavy atom. The molecule has 0 amide bonds. The molecule has 0 atom stereocenters. The molecule has 2 aromatic heterocycles. The molecule has 0 fully saturated rings. The van der Waals surface area contributed by atoms with E-state index in [1.807, 2.05) is 24.3 Å². The fourth-order valence-corrected chi connectivity index (χ4v) is 2.29. The van der Waals surface area contributed by atoms with Crippen molar-refractivity contribution in [3.05, 3.63) is 52.8 Å². The Bertz CT molecular complexity index is 899. The van der Waals surface area contributed by atoms with Gasteiger partial charge in [-0.15, -0.1) is 0 Å². The van der Waals surface area contributed by atoms with Crippen LogP contribution in [0.5, 0.6) is 0 Å². The van der Waals surface area contributed by atoms with Crippen molar-refractivity contribution in [1.29, 1.82) is 0 Å². The van der Waals surface area contributed by atoms with Gasteiger partial charge >= 0.3 is 11.7 Å². The van der Waals surface area contributed by atoms with E-state index in [0.717, 1.165) is 11.0 Å². The summed E-state index contributed by atoms with van der Waals surface area (Å²) in [5.74, 6) is -0.591. The van der Waals surface area contributed by atoms with Crippen LogP contribution in [0.25, 0.3) is 11.0 Å². The number of fused-ring (bicyclic) bond motifs is 1. The highest BCUT2D eigenvalue weighted by Gasteiger charge is 2.13. The van der Waals surface area contributed by atoms with Gasteiger partial charge in [0.2, 0.25) is 0 Å². The highest BCUT2D eigenvalue weighted by atomic mass is 16.5. The number of benzene rings is 1. The van der Waals surface area contributed by atoms with Crippen molar-refractivity contribution < 1.29 is 9.53 Å². The van der Waals surface area contributed by atoms with Crippen molar-refractivity contribution in [2.45, 2.75) is 13.0 Å². The first-order chi connectivity index (χ1) is 11.2. The van der Waals surface area contributed by atoms with Gasteiger partial charge in [-0.25, -0.2) is 19.6 Å². The van der Waals surface area contributed by atoms with Crippen LogP contribution in [-0.4, -0.2) is 32.1 Å². The standard InChI is InChI=1S/C15H15N5O3/c16-13-12(17-6-7-18-13)14(21)23-9-3-8-20-11-5-2-1-4-10(11)19-15(20)22/h1-2,4-7H,3,8-9H2,(H2,16,18)(H,19,22). The normalized spacial score (nSPS) is 10.8. The average Bonchev–Trinajstić information content (AvgIpc) is 2.87. The molecule has 8 heteroatoms. The predicted octanol–water partition coefficient (Wildman–Crippen LogP) is 0.949. The maximum Gasteiger partial charge on any atom is 0.360 e. The lowest BCUT2D eigenvalue weighted by Gasteiger charge is -2.06. The number of hydrogen-bond donors (Lipinski definition) is 2. The van der Waals surface area contributed by atoms with E-state index in [2.05, 4.69) is 15.0 Å². The average molecular weight is 313 g/mol. The molecule has 23 heavy (non-hydrogen) atoms. The van der Waals surface area contributed by atoms with E-state index in [-0.39, 0.29) is 23.8 Å². The summed E-state index contributed by atoms with van der Waals surface area (Å²) in [4.78, 5) is 34.1. The molecular weight excluding hydrogens is 298 g/mol. The summed E-state index contributed by atoms with van der Waals surface area (Å²) in [6.45, 7) is 0.590. The summed E-state index contributed by atoms with van der Waals surface area (Å²) in [5.41, 5.74) is 6.97. The quantitative estimate of drug-likeness (QED) is 0.535. The summed E-state index contributed by atoms with van der Waals surface area (Å²) >= 11 is 0. The third-order valence-corrected chi connectivity index (χ3v) is 3.36. The van der Waals surface area contributed by atoms with Gasteiger partial charge in [0, 0.05) is 18.9 Å². The zero-order chi connectivity index (χ0) is 16.2. The van der Waals surface area contributed by atoms with Crippen molar-refractivity contribution in [2.75, 3.05) is 12.3 Å². The summed E-state index contributed by atoms with van der Waals surface area (Å²) in [6, 6.07) is 7.42. The first kappa shape index (κ1) is 14.8. The molecule has 0 unspecified atom stereocenters. The number of nitrogen functional groups attached to an aromatic ring is 1. The Morgan fingerprint density at radius 2 is 2.04 bits per heavy atom. The number of nitrogens with zero attached hydrogens (tertiary/aromatic N) is 3. The zero-order valence-corrected chi connectivity index (χ0v) is 12.2. The number of anilines is 1. The number of esters is 1. The molecule has 3 rings (SSSR count). The molecule has 0 radical (unpaired) electrons. The van der Waals surface area contributed by atoms with Crippen LogP contribution in [0.2, 0.25) is 0 Å². The number of carbonyl (C=O) groups is 1. The summed E-state index contributed by atoms with van der Waals surface area (Å²) in [6.07, 6.45) is 3.27. The van der Waals surface area contributed by atoms with Crippen molar-refractivity contribution in [2.24, 2.45) is 0 Å². The molecule has 3 N–H and O–H groups in total. The van der Waals surface area contributed by atoms with Gasteiger partial charge in [-0.1, -0.05) is 12.1 Å². The summed E-state index contributed by atoms with van der Waals surface area (Å²) < 4.78 is 6.72. The fraction of sp³-hybridized carbons (Fsp3) is 0.200. The maximum absolute atomic E-state index is 11.9. The van der Waals surface area contributed by atoms with Crippen LogP contribution in [-0.2, 0) is 11.3 Å². The largest absolute Gasteiger partial charge is 0.461 e. The second-order valence-corrected chi connectivity index (χ2v) is 4.88. The molecule has 1 aromatic carbocycles. The molecule has 0 aliphatic heterocycles. The highest BCUT2D eigenvalue weighted by molar-refractivity contribution is 5.91. The van der Waals surface area contributed by atoms with Crippen LogP contribution in [0.3, 0.4) is 0 Å². The molecular formula is C15H15N5O3. The van der Waals surface area contributed by atoms with E-state index in [9.17, 15) is 9.59 Å². The SMILES string of the molecule is Nc1nccnc1C(=O)OCCCn1c(=O)[nH]c2ccccc21. The third kappa shape index (κ3) is 3.05. The molecule has 0 aliphatic rings. The van der Waals surface area contributed by atoms with Crippen LogP contribution in [0.1, 0.15) is 16.9 Å². The predicted molar refractivity (Wildman–Crippen MR) is 83.9 cm³/mol. The Hall–Kier alpha value is -3.16. The Morgan fingerprint density at radius 1 is 1.26 bits per heavy atom. The summed E-state index contributed by atoms with van der Waals surface area (Å²) in [7, 11) is 0. The zero-order valence-electron chi connectivity index (χ0n) is 12.2. The van der Waals surface area contributed by atoms with Gasteiger partial charge in [0.05, 0.1) is 17.6 Å².